The minimum absolute atomic E-state index is 0.0403. The summed E-state index contributed by atoms with van der Waals surface area (Å²) in [5.74, 6) is -6.14. The van der Waals surface area contributed by atoms with E-state index in [-0.39, 0.29) is 36.1 Å². The van der Waals surface area contributed by atoms with Crippen LogP contribution < -0.4 is 14.5 Å². The summed E-state index contributed by atoms with van der Waals surface area (Å²) in [6.45, 7) is 0. The predicted molar refractivity (Wildman–Crippen MR) is 210 cm³/mol. The Morgan fingerprint density at radius 3 is 1.60 bits per heavy atom. The number of methoxy groups -OCH3 is 1. The summed E-state index contributed by atoms with van der Waals surface area (Å²) in [5, 5.41) is 10.4. The van der Waals surface area contributed by atoms with Crippen LogP contribution in [-0.2, 0) is 19.2 Å². The van der Waals surface area contributed by atoms with Crippen molar-refractivity contribution in [1.82, 2.24) is 0 Å². The lowest BCUT2D eigenvalue weighted by molar-refractivity contribution is -0.126. The normalized spacial score (nSPS) is 23.8. The summed E-state index contributed by atoms with van der Waals surface area (Å²) in [5.41, 5.74) is 3.89. The number of ketones is 2. The standard InChI is InChI=1S/C47H36N2O8/c1-57-38-24-32(50)20-21-34(38)39-33-22-23-35-40(46(55)48(44(35)53)30-16-12-28(13-17-30)42(51)26-8-4-2-5-9-26)36(33)25-37-41(39)47(56)49(45(37)54)31-18-14-29(15-19-31)43(52)27-10-6-3-7-11-27/h2-22,24,35-37,39-41,50H,23,25H2,1H3. The molecule has 6 unspecified atom stereocenters. The van der Waals surface area contributed by atoms with Crippen molar-refractivity contribution in [1.29, 1.82) is 0 Å². The Kier molecular flexibility index (Phi) is 8.76. The largest absolute Gasteiger partial charge is 0.508 e. The smallest absolute Gasteiger partial charge is 0.238 e. The molecule has 6 atom stereocenters. The molecule has 0 aromatic heterocycles. The van der Waals surface area contributed by atoms with E-state index in [9.17, 15) is 33.9 Å². The molecule has 3 fully saturated rings. The van der Waals surface area contributed by atoms with Gasteiger partial charge in [0.25, 0.3) is 0 Å². The fraction of sp³-hybridized carbons (Fsp3) is 0.191. The highest BCUT2D eigenvalue weighted by atomic mass is 16.5. The van der Waals surface area contributed by atoms with E-state index in [1.165, 1.54) is 29.0 Å². The first-order chi connectivity index (χ1) is 27.7. The van der Waals surface area contributed by atoms with Crippen molar-refractivity contribution < 1.29 is 38.6 Å². The number of fused-ring (bicyclic) bond motifs is 4. The van der Waals surface area contributed by atoms with Crippen LogP contribution in [0.1, 0.15) is 56.2 Å². The molecule has 282 valence electrons. The van der Waals surface area contributed by atoms with Crippen molar-refractivity contribution in [3.05, 3.63) is 167 Å². The number of carbonyl (C=O) groups excluding carboxylic acids is 6. The molecular weight excluding hydrogens is 721 g/mol. The van der Waals surface area contributed by atoms with Crippen molar-refractivity contribution in [3.8, 4) is 11.5 Å². The summed E-state index contributed by atoms with van der Waals surface area (Å²) >= 11 is 0. The van der Waals surface area contributed by atoms with Crippen LogP contribution >= 0.6 is 0 Å². The van der Waals surface area contributed by atoms with Crippen LogP contribution in [0.25, 0.3) is 0 Å². The van der Waals surface area contributed by atoms with Crippen molar-refractivity contribution in [2.75, 3.05) is 16.9 Å². The highest BCUT2D eigenvalue weighted by molar-refractivity contribution is 6.24. The molecule has 0 spiro atoms. The topological polar surface area (TPSA) is 138 Å². The number of phenols is 1. The molecule has 0 bridgehead atoms. The Morgan fingerprint density at radius 1 is 0.579 bits per heavy atom. The maximum Gasteiger partial charge on any atom is 0.238 e. The van der Waals surface area contributed by atoms with Crippen LogP contribution in [-0.4, -0.2) is 47.4 Å². The summed E-state index contributed by atoms with van der Waals surface area (Å²) in [4.78, 5) is 86.4. The van der Waals surface area contributed by atoms with Gasteiger partial charge in [0.2, 0.25) is 23.6 Å². The maximum atomic E-state index is 14.6. The van der Waals surface area contributed by atoms with Gasteiger partial charge in [-0.3, -0.25) is 38.6 Å². The first kappa shape index (κ1) is 35.7. The van der Waals surface area contributed by atoms with Gasteiger partial charge in [-0.15, -0.1) is 0 Å². The number of amides is 4. The number of anilines is 2. The molecular formula is C47H36N2O8. The van der Waals surface area contributed by atoms with Gasteiger partial charge in [0.1, 0.15) is 11.5 Å². The van der Waals surface area contributed by atoms with Gasteiger partial charge in [0.05, 0.1) is 42.2 Å². The molecule has 2 saturated heterocycles. The average molecular weight is 757 g/mol. The van der Waals surface area contributed by atoms with E-state index in [0.29, 0.717) is 44.9 Å². The lowest BCUT2D eigenvalue weighted by Crippen LogP contribution is -2.43. The van der Waals surface area contributed by atoms with Crippen molar-refractivity contribution in [2.24, 2.45) is 29.6 Å². The highest BCUT2D eigenvalue weighted by Gasteiger charge is 2.62. The maximum absolute atomic E-state index is 14.6. The number of imide groups is 2. The van der Waals surface area contributed by atoms with E-state index in [4.69, 9.17) is 4.74 Å². The Bertz CT molecular complexity index is 2510. The number of rotatable bonds is 8. The Labute approximate surface area is 328 Å². The Hall–Kier alpha value is -6.94. The molecule has 2 aliphatic carbocycles. The highest BCUT2D eigenvalue weighted by Crippen LogP contribution is 2.59. The quantitative estimate of drug-likeness (QED) is 0.103. The second kappa shape index (κ2) is 14.0. The van der Waals surface area contributed by atoms with Crippen LogP contribution in [0.3, 0.4) is 0 Å². The molecule has 9 rings (SSSR count). The zero-order chi connectivity index (χ0) is 39.5. The first-order valence-electron chi connectivity index (χ1n) is 18.9. The van der Waals surface area contributed by atoms with E-state index in [1.54, 1.807) is 103 Å². The van der Waals surface area contributed by atoms with Crippen molar-refractivity contribution >= 4 is 46.6 Å². The molecule has 0 radical (unpaired) electrons. The van der Waals surface area contributed by atoms with Gasteiger partial charge in [0, 0.05) is 39.8 Å². The van der Waals surface area contributed by atoms with E-state index in [1.807, 2.05) is 18.2 Å². The molecule has 5 aromatic rings. The van der Waals surface area contributed by atoms with E-state index < -0.39 is 53.2 Å². The van der Waals surface area contributed by atoms with Crippen molar-refractivity contribution in [3.63, 3.8) is 0 Å². The molecule has 4 aliphatic rings. The van der Waals surface area contributed by atoms with E-state index in [0.717, 1.165) is 5.57 Å². The Balaban J connectivity index is 1.06. The van der Waals surface area contributed by atoms with Crippen LogP contribution in [0, 0.1) is 29.6 Å². The average Bonchev–Trinajstić information content (AvgIpc) is 3.66. The molecule has 10 heteroatoms. The summed E-state index contributed by atoms with van der Waals surface area (Å²) in [7, 11) is 1.46. The number of hydrogen-bond acceptors (Lipinski definition) is 8. The number of allylic oxidation sites excluding steroid dienone is 2. The minimum atomic E-state index is -0.862. The zero-order valence-electron chi connectivity index (χ0n) is 30.8. The number of ether oxygens (including phenoxy) is 1. The lowest BCUT2D eigenvalue weighted by atomic mass is 9.57. The van der Waals surface area contributed by atoms with Gasteiger partial charge >= 0.3 is 0 Å². The molecule has 1 N–H and O–H groups in total. The fourth-order valence-corrected chi connectivity index (χ4v) is 9.44. The summed E-state index contributed by atoms with van der Waals surface area (Å²) < 4.78 is 5.73. The molecule has 2 heterocycles. The van der Waals surface area contributed by atoms with Crippen LogP contribution in [0.4, 0.5) is 11.4 Å². The number of phenolic OH excluding ortho intramolecular Hbond substituents is 1. The SMILES string of the molecule is COc1cc(O)ccc1C1C2=CCC3C(=O)N(c4ccc(C(=O)c5ccccc5)cc4)C(=O)C3C2CC2C(=O)N(c3ccc(C(=O)c4ccccc4)cc3)C(=O)C21. The number of hydrogen-bond donors (Lipinski definition) is 1. The van der Waals surface area contributed by atoms with Gasteiger partial charge in [-0.25, -0.2) is 0 Å². The first-order valence-corrected chi connectivity index (χ1v) is 18.9. The van der Waals surface area contributed by atoms with Crippen LogP contribution in [0.2, 0.25) is 0 Å². The van der Waals surface area contributed by atoms with Gasteiger partial charge < -0.3 is 9.84 Å². The third-order valence-corrected chi connectivity index (χ3v) is 12.0. The molecule has 2 aliphatic heterocycles. The third-order valence-electron chi connectivity index (χ3n) is 12.0. The van der Waals surface area contributed by atoms with Gasteiger partial charge in [-0.1, -0.05) is 78.4 Å². The second-order valence-electron chi connectivity index (χ2n) is 15.0. The Morgan fingerprint density at radius 2 is 1.07 bits per heavy atom. The number of aromatic hydroxyl groups is 1. The monoisotopic (exact) mass is 756 g/mol. The summed E-state index contributed by atoms with van der Waals surface area (Å²) in [6, 6.07) is 35.1. The predicted octanol–water partition coefficient (Wildman–Crippen LogP) is 6.91. The van der Waals surface area contributed by atoms with Crippen molar-refractivity contribution in [2.45, 2.75) is 18.8 Å². The van der Waals surface area contributed by atoms with Gasteiger partial charge in [0.15, 0.2) is 11.6 Å². The van der Waals surface area contributed by atoms with E-state index >= 15 is 0 Å². The molecule has 1 saturated carbocycles. The number of carbonyl (C=O) groups is 6. The summed E-state index contributed by atoms with van der Waals surface area (Å²) in [6.07, 6.45) is 2.36. The third kappa shape index (κ3) is 5.78. The van der Waals surface area contributed by atoms with Gasteiger partial charge in [-0.05, 0) is 73.4 Å². The molecule has 5 aromatic carbocycles. The minimum Gasteiger partial charge on any atom is -0.508 e. The second-order valence-corrected chi connectivity index (χ2v) is 15.0. The molecule has 10 nitrogen and oxygen atoms in total. The van der Waals surface area contributed by atoms with Gasteiger partial charge in [-0.2, -0.15) is 0 Å². The van der Waals surface area contributed by atoms with E-state index in [2.05, 4.69) is 0 Å². The van der Waals surface area contributed by atoms with Crippen LogP contribution in [0.15, 0.2) is 139 Å². The number of nitrogens with zero attached hydrogens (tertiary/aromatic N) is 2. The number of benzene rings is 5. The van der Waals surface area contributed by atoms with Crippen LogP contribution in [0.5, 0.6) is 11.5 Å². The molecule has 57 heavy (non-hydrogen) atoms. The lowest BCUT2D eigenvalue weighted by Gasteiger charge is -2.44. The molecule has 4 amide bonds. The zero-order valence-corrected chi connectivity index (χ0v) is 30.8. The fourth-order valence-electron chi connectivity index (χ4n) is 9.44.